The third-order valence-corrected chi connectivity index (χ3v) is 3.85. The van der Waals surface area contributed by atoms with E-state index in [1.54, 1.807) is 0 Å². The molecule has 2 fully saturated rings. The van der Waals surface area contributed by atoms with Crippen molar-refractivity contribution in [1.82, 2.24) is 10.6 Å². The summed E-state index contributed by atoms with van der Waals surface area (Å²) < 4.78 is 0. The van der Waals surface area contributed by atoms with Crippen LogP contribution >= 0.6 is 0 Å². The van der Waals surface area contributed by atoms with Gasteiger partial charge in [0.25, 0.3) is 0 Å². The van der Waals surface area contributed by atoms with Crippen molar-refractivity contribution in [1.29, 1.82) is 0 Å². The van der Waals surface area contributed by atoms with E-state index in [9.17, 15) is 4.79 Å². The number of urea groups is 1. The zero-order chi connectivity index (χ0) is 12.3. The Morgan fingerprint density at radius 2 is 1.94 bits per heavy atom. The van der Waals surface area contributed by atoms with Gasteiger partial charge in [-0.2, -0.15) is 0 Å². The zero-order valence-electron chi connectivity index (χ0n) is 9.91. The Morgan fingerprint density at radius 1 is 1.29 bits per heavy atom. The molecule has 0 aromatic rings. The summed E-state index contributed by atoms with van der Waals surface area (Å²) in [5, 5.41) is 17.6. The molecule has 0 bridgehead atoms. The molecule has 0 radical (unpaired) electrons. The first-order valence-corrected chi connectivity index (χ1v) is 6.23. The largest absolute Gasteiger partial charge is 0.409 e. The number of nitrogens with zero attached hydrogens (tertiary/aromatic N) is 1. The van der Waals surface area contributed by atoms with E-state index in [-0.39, 0.29) is 11.9 Å². The Morgan fingerprint density at radius 3 is 2.41 bits per heavy atom. The minimum absolute atomic E-state index is 0.110. The van der Waals surface area contributed by atoms with Gasteiger partial charge < -0.3 is 21.6 Å². The molecular weight excluding hydrogens is 220 g/mol. The van der Waals surface area contributed by atoms with Gasteiger partial charge in [0.1, 0.15) is 5.54 Å². The molecule has 6 heteroatoms. The number of carbonyl (C=O) groups excluding carboxylic acids is 1. The number of amides is 2. The first kappa shape index (κ1) is 12.0. The van der Waals surface area contributed by atoms with E-state index in [0.29, 0.717) is 6.04 Å². The molecule has 2 aliphatic carbocycles. The van der Waals surface area contributed by atoms with Gasteiger partial charge in [0, 0.05) is 6.04 Å². The third kappa shape index (κ3) is 2.45. The number of nitrogens with two attached hydrogens (primary N) is 1. The van der Waals surface area contributed by atoms with E-state index < -0.39 is 5.54 Å². The van der Waals surface area contributed by atoms with E-state index in [2.05, 4.69) is 15.8 Å². The Balaban J connectivity index is 1.95. The number of hydrogen-bond donors (Lipinski definition) is 4. The van der Waals surface area contributed by atoms with Crippen LogP contribution in [0.5, 0.6) is 0 Å². The third-order valence-electron chi connectivity index (χ3n) is 3.85. The SMILES string of the molecule is NC(=NO)C1(NC(=O)NC2CCC2)CCCC1. The average molecular weight is 240 g/mol. The number of amidine groups is 1. The van der Waals surface area contributed by atoms with E-state index >= 15 is 0 Å². The maximum absolute atomic E-state index is 11.8. The van der Waals surface area contributed by atoms with Crippen molar-refractivity contribution in [3.8, 4) is 0 Å². The molecule has 0 heterocycles. The lowest BCUT2D eigenvalue weighted by Gasteiger charge is -2.32. The van der Waals surface area contributed by atoms with Crippen molar-refractivity contribution >= 4 is 11.9 Å². The van der Waals surface area contributed by atoms with Crippen LogP contribution in [-0.4, -0.2) is 28.7 Å². The fourth-order valence-corrected chi connectivity index (χ4v) is 2.51. The Bertz CT molecular complexity index is 319. The van der Waals surface area contributed by atoms with Crippen molar-refractivity contribution in [3.05, 3.63) is 0 Å². The summed E-state index contributed by atoms with van der Waals surface area (Å²) in [6, 6.07) is 0.0870. The second-order valence-electron chi connectivity index (χ2n) is 5.00. The van der Waals surface area contributed by atoms with Gasteiger partial charge in [-0.15, -0.1) is 0 Å². The van der Waals surface area contributed by atoms with Crippen LogP contribution in [0.15, 0.2) is 5.16 Å². The molecule has 5 N–H and O–H groups in total. The fourth-order valence-electron chi connectivity index (χ4n) is 2.51. The predicted octanol–water partition coefficient (Wildman–Crippen LogP) is 0.897. The minimum Gasteiger partial charge on any atom is -0.409 e. The number of hydrogen-bond acceptors (Lipinski definition) is 3. The van der Waals surface area contributed by atoms with Gasteiger partial charge in [0.15, 0.2) is 5.84 Å². The van der Waals surface area contributed by atoms with Crippen molar-refractivity contribution in [2.75, 3.05) is 0 Å². The smallest absolute Gasteiger partial charge is 0.315 e. The van der Waals surface area contributed by atoms with Crippen LogP contribution in [0, 0.1) is 0 Å². The zero-order valence-corrected chi connectivity index (χ0v) is 9.91. The lowest BCUT2D eigenvalue weighted by atomic mass is 9.93. The maximum atomic E-state index is 11.8. The second-order valence-corrected chi connectivity index (χ2v) is 5.00. The molecule has 2 rings (SSSR count). The van der Waals surface area contributed by atoms with Gasteiger partial charge in [-0.3, -0.25) is 0 Å². The molecular formula is C11H20N4O2. The number of nitrogens with one attached hydrogen (secondary N) is 2. The monoisotopic (exact) mass is 240 g/mol. The molecule has 96 valence electrons. The molecule has 2 aliphatic rings. The topological polar surface area (TPSA) is 99.7 Å². The molecule has 2 saturated carbocycles. The van der Waals surface area contributed by atoms with E-state index in [1.165, 1.54) is 6.42 Å². The first-order chi connectivity index (χ1) is 8.16. The molecule has 6 nitrogen and oxygen atoms in total. The van der Waals surface area contributed by atoms with Crippen molar-refractivity contribution in [2.24, 2.45) is 10.9 Å². The van der Waals surface area contributed by atoms with Gasteiger partial charge in [0.2, 0.25) is 0 Å². The van der Waals surface area contributed by atoms with Crippen LogP contribution in [0.25, 0.3) is 0 Å². The molecule has 2 amide bonds. The van der Waals surface area contributed by atoms with Gasteiger partial charge in [-0.1, -0.05) is 18.0 Å². The fraction of sp³-hybridized carbons (Fsp3) is 0.818. The summed E-state index contributed by atoms with van der Waals surface area (Å²) >= 11 is 0. The molecule has 0 spiro atoms. The molecule has 0 aliphatic heterocycles. The van der Waals surface area contributed by atoms with Crippen LogP contribution in [0.4, 0.5) is 4.79 Å². The highest BCUT2D eigenvalue weighted by atomic mass is 16.4. The summed E-state index contributed by atoms with van der Waals surface area (Å²) in [4.78, 5) is 11.8. The van der Waals surface area contributed by atoms with Crippen LogP contribution < -0.4 is 16.4 Å². The van der Waals surface area contributed by atoms with Gasteiger partial charge in [-0.05, 0) is 32.1 Å². The van der Waals surface area contributed by atoms with Gasteiger partial charge >= 0.3 is 6.03 Å². The van der Waals surface area contributed by atoms with Gasteiger partial charge in [-0.25, -0.2) is 4.79 Å². The summed E-state index contributed by atoms with van der Waals surface area (Å²) in [6.07, 6.45) is 6.71. The van der Waals surface area contributed by atoms with E-state index in [4.69, 9.17) is 10.9 Å². The molecule has 0 unspecified atom stereocenters. The van der Waals surface area contributed by atoms with Crippen LogP contribution in [0.2, 0.25) is 0 Å². The quantitative estimate of drug-likeness (QED) is 0.255. The predicted molar refractivity (Wildman–Crippen MR) is 63.9 cm³/mol. The second kappa shape index (κ2) is 4.81. The summed E-state index contributed by atoms with van der Waals surface area (Å²) in [5.41, 5.74) is 5.05. The summed E-state index contributed by atoms with van der Waals surface area (Å²) in [7, 11) is 0. The Hall–Kier alpha value is -1.46. The highest BCUT2D eigenvalue weighted by Crippen LogP contribution is 2.30. The molecule has 0 aromatic carbocycles. The molecule has 0 atom stereocenters. The normalized spacial score (nSPS) is 24.1. The lowest BCUT2D eigenvalue weighted by Crippen LogP contribution is -2.59. The highest BCUT2D eigenvalue weighted by molar-refractivity contribution is 5.93. The van der Waals surface area contributed by atoms with Gasteiger partial charge in [0.05, 0.1) is 0 Å². The maximum Gasteiger partial charge on any atom is 0.315 e. The molecule has 0 saturated heterocycles. The van der Waals surface area contributed by atoms with Crippen molar-refractivity contribution < 1.29 is 10.0 Å². The molecule has 0 aromatic heterocycles. The average Bonchev–Trinajstić information content (AvgIpc) is 2.72. The number of rotatable bonds is 3. The number of carbonyl (C=O) groups is 1. The lowest BCUT2D eigenvalue weighted by molar-refractivity contribution is 0.220. The van der Waals surface area contributed by atoms with Crippen molar-refractivity contribution in [3.63, 3.8) is 0 Å². The number of oxime groups is 1. The van der Waals surface area contributed by atoms with Crippen LogP contribution in [0.1, 0.15) is 44.9 Å². The Labute approximate surface area is 101 Å². The van der Waals surface area contributed by atoms with Crippen LogP contribution in [-0.2, 0) is 0 Å². The molecule has 17 heavy (non-hydrogen) atoms. The first-order valence-electron chi connectivity index (χ1n) is 6.23. The van der Waals surface area contributed by atoms with E-state index in [0.717, 1.165) is 38.5 Å². The summed E-state index contributed by atoms with van der Waals surface area (Å²) in [6.45, 7) is 0. The summed E-state index contributed by atoms with van der Waals surface area (Å²) in [5.74, 6) is 0.110. The van der Waals surface area contributed by atoms with Crippen LogP contribution in [0.3, 0.4) is 0 Å². The highest BCUT2D eigenvalue weighted by Gasteiger charge is 2.40. The minimum atomic E-state index is -0.650. The van der Waals surface area contributed by atoms with E-state index in [1.807, 2.05) is 0 Å². The Kier molecular flexibility index (Phi) is 3.40. The standard InChI is InChI=1S/C11H20N4O2/c12-9(15-17)11(6-1-2-7-11)14-10(16)13-8-4-3-5-8/h8,17H,1-7H2,(H2,12,15)(H2,13,14,16). The van der Waals surface area contributed by atoms with Crippen molar-refractivity contribution in [2.45, 2.75) is 56.5 Å².